The lowest BCUT2D eigenvalue weighted by Crippen LogP contribution is -2.17. The molecule has 2 heterocycles. The molecule has 0 aliphatic rings. The number of nitrogens with one attached hydrogen (secondary N) is 1. The second-order valence-corrected chi connectivity index (χ2v) is 5.42. The molecule has 0 saturated carbocycles. The maximum absolute atomic E-state index is 11.6. The topological polar surface area (TPSA) is 92.6 Å². The summed E-state index contributed by atoms with van der Waals surface area (Å²) in [5.74, 6) is 0.451. The molecule has 2 aromatic heterocycles. The Bertz CT molecular complexity index is 653. The summed E-state index contributed by atoms with van der Waals surface area (Å²) < 4.78 is 1.54. The van der Waals surface area contributed by atoms with Crippen LogP contribution < -0.4 is 10.6 Å². The van der Waals surface area contributed by atoms with Crippen molar-refractivity contribution in [1.29, 1.82) is 0 Å². The van der Waals surface area contributed by atoms with Gasteiger partial charge >= 0.3 is 5.69 Å². The average Bonchev–Trinajstić information content (AvgIpc) is 2.71. The maximum Gasteiger partial charge on any atom is 0.343 e. The van der Waals surface area contributed by atoms with Gasteiger partial charge in [-0.25, -0.2) is 9.89 Å². The van der Waals surface area contributed by atoms with Gasteiger partial charge in [-0.05, 0) is 29.8 Å². The molecule has 0 bridgehead atoms. The van der Waals surface area contributed by atoms with E-state index in [0.717, 1.165) is 6.42 Å². The van der Waals surface area contributed by atoms with E-state index < -0.39 is 0 Å². The summed E-state index contributed by atoms with van der Waals surface area (Å²) in [6.07, 6.45) is 0.827. The molecule has 2 rings (SSSR count). The molecule has 0 fully saturated rings. The molecule has 20 heavy (non-hydrogen) atoms. The number of hydrogen-bond donors (Lipinski definition) is 1. The third-order valence-electron chi connectivity index (χ3n) is 2.33. The van der Waals surface area contributed by atoms with E-state index in [4.69, 9.17) is 11.6 Å². The zero-order chi connectivity index (χ0) is 14.7. The maximum atomic E-state index is 11.6. The highest BCUT2D eigenvalue weighted by atomic mass is 35.5. The zero-order valence-corrected chi connectivity index (χ0v) is 12.9. The van der Waals surface area contributed by atoms with Gasteiger partial charge in [0.2, 0.25) is 16.4 Å². The highest BCUT2D eigenvalue weighted by molar-refractivity contribution is 7.99. The Labute approximate surface area is 124 Å². The van der Waals surface area contributed by atoms with E-state index in [-0.39, 0.29) is 11.0 Å². The van der Waals surface area contributed by atoms with Crippen molar-refractivity contribution in [2.75, 3.05) is 19.0 Å². The minimum atomic E-state index is -0.248. The van der Waals surface area contributed by atoms with E-state index in [0.29, 0.717) is 22.8 Å². The van der Waals surface area contributed by atoms with Crippen LogP contribution in [0.3, 0.4) is 0 Å². The summed E-state index contributed by atoms with van der Waals surface area (Å²) in [7, 11) is 3.61. The van der Waals surface area contributed by atoms with Crippen LogP contribution in [0.25, 0.3) is 0 Å². The second-order valence-electron chi connectivity index (χ2n) is 4.15. The second kappa shape index (κ2) is 6.23. The van der Waals surface area contributed by atoms with E-state index in [9.17, 15) is 4.79 Å². The SMILES string of the molecule is CCCn1c(Sc2nc(Cl)nc(N(C)C)n2)n[nH]c1=O. The largest absolute Gasteiger partial charge is 0.347 e. The predicted octanol–water partition coefficient (Wildman–Crippen LogP) is 1.04. The van der Waals surface area contributed by atoms with Gasteiger partial charge in [0.05, 0.1) is 0 Å². The molecule has 1 N–H and O–H groups in total. The lowest BCUT2D eigenvalue weighted by Gasteiger charge is -2.10. The van der Waals surface area contributed by atoms with Crippen LogP contribution >= 0.6 is 23.4 Å². The molecule has 0 aliphatic carbocycles. The lowest BCUT2D eigenvalue weighted by molar-refractivity contribution is 0.603. The van der Waals surface area contributed by atoms with Crippen LogP contribution in [0.5, 0.6) is 0 Å². The number of nitrogens with zero attached hydrogens (tertiary/aromatic N) is 6. The Morgan fingerprint density at radius 3 is 2.75 bits per heavy atom. The van der Waals surface area contributed by atoms with Crippen LogP contribution in [-0.4, -0.2) is 43.8 Å². The fourth-order valence-electron chi connectivity index (χ4n) is 1.45. The summed E-state index contributed by atoms with van der Waals surface area (Å²) in [6, 6.07) is 0. The quantitative estimate of drug-likeness (QED) is 0.881. The first-order valence-corrected chi connectivity index (χ1v) is 7.12. The Morgan fingerprint density at radius 1 is 1.35 bits per heavy atom. The van der Waals surface area contributed by atoms with Crippen molar-refractivity contribution in [3.05, 3.63) is 15.8 Å². The lowest BCUT2D eigenvalue weighted by atomic mass is 10.5. The molecule has 0 radical (unpaired) electrons. The van der Waals surface area contributed by atoms with Gasteiger partial charge in [-0.3, -0.25) is 4.57 Å². The van der Waals surface area contributed by atoms with Gasteiger partial charge in [-0.15, -0.1) is 5.10 Å². The van der Waals surface area contributed by atoms with Gasteiger partial charge in [0.25, 0.3) is 0 Å². The van der Waals surface area contributed by atoms with Crippen molar-refractivity contribution in [3.63, 3.8) is 0 Å². The average molecular weight is 316 g/mol. The van der Waals surface area contributed by atoms with Gasteiger partial charge in [-0.1, -0.05) is 6.92 Å². The van der Waals surface area contributed by atoms with Crippen molar-refractivity contribution in [2.45, 2.75) is 30.2 Å². The molecule has 2 aromatic rings. The van der Waals surface area contributed by atoms with Gasteiger partial charge in [0, 0.05) is 20.6 Å². The fourth-order valence-corrected chi connectivity index (χ4v) is 2.46. The monoisotopic (exact) mass is 315 g/mol. The Hall–Kier alpha value is -1.61. The van der Waals surface area contributed by atoms with Gasteiger partial charge in [0.15, 0.2) is 5.16 Å². The van der Waals surface area contributed by atoms with E-state index in [1.807, 2.05) is 21.0 Å². The smallest absolute Gasteiger partial charge is 0.343 e. The van der Waals surface area contributed by atoms with E-state index in [2.05, 4.69) is 25.1 Å². The number of aromatic nitrogens is 6. The minimum Gasteiger partial charge on any atom is -0.347 e. The molecule has 0 saturated heterocycles. The molecule has 0 aliphatic heterocycles. The molecule has 0 unspecified atom stereocenters. The van der Waals surface area contributed by atoms with Gasteiger partial charge < -0.3 is 4.90 Å². The molecular weight excluding hydrogens is 302 g/mol. The number of anilines is 1. The molecular formula is C10H14ClN7OS. The summed E-state index contributed by atoms with van der Waals surface area (Å²) in [6.45, 7) is 2.56. The van der Waals surface area contributed by atoms with Crippen LogP contribution in [0.4, 0.5) is 5.95 Å². The zero-order valence-electron chi connectivity index (χ0n) is 11.3. The minimum absolute atomic E-state index is 0.103. The molecule has 108 valence electrons. The van der Waals surface area contributed by atoms with Crippen molar-refractivity contribution < 1.29 is 0 Å². The first-order chi connectivity index (χ1) is 9.51. The summed E-state index contributed by atoms with van der Waals surface area (Å²) >= 11 is 7.04. The number of halogens is 1. The third kappa shape index (κ3) is 3.28. The molecule has 0 spiro atoms. The molecule has 8 nitrogen and oxygen atoms in total. The highest BCUT2D eigenvalue weighted by Crippen LogP contribution is 2.23. The summed E-state index contributed by atoms with van der Waals surface area (Å²) in [5.41, 5.74) is -0.248. The van der Waals surface area contributed by atoms with Crippen LogP contribution in [0.2, 0.25) is 5.28 Å². The predicted molar refractivity (Wildman–Crippen MR) is 76.4 cm³/mol. The number of H-pyrrole nitrogens is 1. The van der Waals surface area contributed by atoms with Crippen LogP contribution in [0.15, 0.2) is 15.1 Å². The Balaban J connectivity index is 2.32. The first-order valence-electron chi connectivity index (χ1n) is 5.93. The van der Waals surface area contributed by atoms with Crippen LogP contribution in [0, 0.1) is 0 Å². The first kappa shape index (κ1) is 14.8. The molecule has 0 atom stereocenters. The van der Waals surface area contributed by atoms with Crippen molar-refractivity contribution in [3.8, 4) is 0 Å². The Kier molecular flexibility index (Phi) is 4.61. The normalized spacial score (nSPS) is 10.8. The van der Waals surface area contributed by atoms with Crippen LogP contribution in [-0.2, 0) is 6.54 Å². The summed E-state index contributed by atoms with van der Waals surface area (Å²) in [4.78, 5) is 25.6. The van der Waals surface area contributed by atoms with Crippen molar-refractivity contribution >= 4 is 29.3 Å². The third-order valence-corrected chi connectivity index (χ3v) is 3.36. The number of hydrogen-bond acceptors (Lipinski definition) is 7. The molecule has 10 heteroatoms. The van der Waals surface area contributed by atoms with Crippen molar-refractivity contribution in [2.24, 2.45) is 0 Å². The summed E-state index contributed by atoms with van der Waals surface area (Å²) in [5, 5.41) is 7.38. The molecule has 0 amide bonds. The standard InChI is InChI=1S/C10H14ClN7OS/c1-4-5-18-9(19)15-16-10(18)20-8-13-6(11)12-7(14-8)17(2)3/h4-5H2,1-3H3,(H,15,19). The highest BCUT2D eigenvalue weighted by Gasteiger charge is 2.13. The van der Waals surface area contributed by atoms with Gasteiger partial charge in [-0.2, -0.15) is 15.0 Å². The van der Waals surface area contributed by atoms with E-state index >= 15 is 0 Å². The number of rotatable bonds is 5. The number of aromatic amines is 1. The fraction of sp³-hybridized carbons (Fsp3) is 0.500. The van der Waals surface area contributed by atoms with E-state index in [1.165, 1.54) is 16.3 Å². The van der Waals surface area contributed by atoms with E-state index in [1.54, 1.807) is 4.90 Å². The van der Waals surface area contributed by atoms with Crippen molar-refractivity contribution in [1.82, 2.24) is 29.7 Å². The van der Waals surface area contributed by atoms with Gasteiger partial charge in [0.1, 0.15) is 0 Å². The molecule has 0 aromatic carbocycles. The van der Waals surface area contributed by atoms with Crippen LogP contribution in [0.1, 0.15) is 13.3 Å². The Morgan fingerprint density at radius 2 is 2.10 bits per heavy atom.